The molecular formula is C18H15F3N2O6. The number of aromatic nitrogens is 1. The first-order valence-corrected chi connectivity index (χ1v) is 8.39. The van der Waals surface area contributed by atoms with Gasteiger partial charge in [-0.1, -0.05) is 0 Å². The number of pyridine rings is 1. The number of carbonyl (C=O) groups is 2. The lowest BCUT2D eigenvalue weighted by molar-refractivity contribution is -0.135. The van der Waals surface area contributed by atoms with Crippen molar-refractivity contribution in [2.75, 3.05) is 13.2 Å². The van der Waals surface area contributed by atoms with E-state index in [9.17, 15) is 32.7 Å². The molecule has 0 radical (unpaired) electrons. The molecule has 1 aromatic carbocycles. The van der Waals surface area contributed by atoms with Crippen molar-refractivity contribution >= 4 is 11.9 Å². The Balaban J connectivity index is 2.14. The van der Waals surface area contributed by atoms with Crippen LogP contribution in [0.15, 0.2) is 16.9 Å². The van der Waals surface area contributed by atoms with E-state index >= 15 is 0 Å². The lowest BCUT2D eigenvalue weighted by Crippen LogP contribution is -2.38. The van der Waals surface area contributed by atoms with Gasteiger partial charge in [0.2, 0.25) is 0 Å². The van der Waals surface area contributed by atoms with Gasteiger partial charge in [0.25, 0.3) is 11.5 Å². The summed E-state index contributed by atoms with van der Waals surface area (Å²) in [5.74, 6) is -6.96. The van der Waals surface area contributed by atoms with E-state index in [4.69, 9.17) is 9.84 Å². The highest BCUT2D eigenvalue weighted by Gasteiger charge is 2.28. The molecule has 0 atom stereocenters. The van der Waals surface area contributed by atoms with E-state index in [2.05, 4.69) is 0 Å². The SMILES string of the molecule is O=C(O)CNC(=O)c1c(O)c2c(n(Cc3cc(F)c(F)cc3F)c1=O)COCC2. The number of fused-ring (bicyclic) bond motifs is 1. The largest absolute Gasteiger partial charge is 0.507 e. The average molecular weight is 412 g/mol. The number of benzene rings is 1. The van der Waals surface area contributed by atoms with Crippen LogP contribution in [-0.2, 0) is 29.1 Å². The molecule has 1 amide bonds. The highest BCUT2D eigenvalue weighted by molar-refractivity contribution is 5.98. The van der Waals surface area contributed by atoms with Gasteiger partial charge in [0.1, 0.15) is 23.7 Å². The van der Waals surface area contributed by atoms with Gasteiger partial charge in [0, 0.05) is 23.6 Å². The zero-order valence-corrected chi connectivity index (χ0v) is 14.8. The molecule has 0 unspecified atom stereocenters. The predicted molar refractivity (Wildman–Crippen MR) is 91.1 cm³/mol. The maximum absolute atomic E-state index is 14.1. The topological polar surface area (TPSA) is 118 Å². The van der Waals surface area contributed by atoms with Crippen molar-refractivity contribution in [1.29, 1.82) is 0 Å². The van der Waals surface area contributed by atoms with E-state index in [-0.39, 0.29) is 36.5 Å². The summed E-state index contributed by atoms with van der Waals surface area (Å²) in [6.07, 6.45) is 0.126. The zero-order chi connectivity index (χ0) is 21.3. The number of nitrogens with zero attached hydrogens (tertiary/aromatic N) is 1. The second-order valence-corrected chi connectivity index (χ2v) is 6.28. The third-order valence-corrected chi connectivity index (χ3v) is 4.44. The number of rotatable bonds is 5. The predicted octanol–water partition coefficient (Wildman–Crippen LogP) is 0.907. The molecule has 0 fully saturated rings. The van der Waals surface area contributed by atoms with Crippen molar-refractivity contribution < 1.29 is 37.7 Å². The first-order chi connectivity index (χ1) is 13.7. The number of carboxylic acids is 1. The highest BCUT2D eigenvalue weighted by atomic mass is 19.2. The zero-order valence-electron chi connectivity index (χ0n) is 14.8. The molecule has 0 saturated carbocycles. The molecule has 3 rings (SSSR count). The van der Waals surface area contributed by atoms with Gasteiger partial charge in [-0.3, -0.25) is 14.4 Å². The molecule has 1 aromatic heterocycles. The molecule has 2 heterocycles. The summed E-state index contributed by atoms with van der Waals surface area (Å²) < 4.78 is 47.0. The summed E-state index contributed by atoms with van der Waals surface area (Å²) in [6.45, 7) is -1.32. The van der Waals surface area contributed by atoms with E-state index in [0.29, 0.717) is 12.1 Å². The van der Waals surface area contributed by atoms with Crippen LogP contribution in [0, 0.1) is 17.5 Å². The molecule has 29 heavy (non-hydrogen) atoms. The fraction of sp³-hybridized carbons (Fsp3) is 0.278. The molecule has 0 saturated heterocycles. The average Bonchev–Trinajstić information content (AvgIpc) is 2.67. The number of ether oxygens (including phenoxy) is 1. The molecule has 2 aromatic rings. The van der Waals surface area contributed by atoms with Crippen molar-refractivity contribution in [3.63, 3.8) is 0 Å². The monoisotopic (exact) mass is 412 g/mol. The van der Waals surface area contributed by atoms with E-state index in [1.807, 2.05) is 5.32 Å². The second kappa shape index (κ2) is 7.95. The van der Waals surface area contributed by atoms with Gasteiger partial charge < -0.3 is 24.8 Å². The Morgan fingerprint density at radius 3 is 2.55 bits per heavy atom. The van der Waals surface area contributed by atoms with E-state index in [1.54, 1.807) is 0 Å². The molecule has 3 N–H and O–H groups in total. The van der Waals surface area contributed by atoms with Crippen LogP contribution in [0.2, 0.25) is 0 Å². The van der Waals surface area contributed by atoms with Crippen LogP contribution in [0.3, 0.4) is 0 Å². The summed E-state index contributed by atoms with van der Waals surface area (Å²) in [5.41, 5.74) is -1.80. The second-order valence-electron chi connectivity index (χ2n) is 6.28. The molecule has 1 aliphatic rings. The summed E-state index contributed by atoms with van der Waals surface area (Å²) in [6, 6.07) is 0.920. The summed E-state index contributed by atoms with van der Waals surface area (Å²) >= 11 is 0. The Bertz CT molecular complexity index is 1070. The number of carboxylic acid groups (broad SMARTS) is 1. The Hall–Kier alpha value is -3.34. The molecule has 1 aliphatic heterocycles. The Morgan fingerprint density at radius 1 is 1.17 bits per heavy atom. The van der Waals surface area contributed by atoms with Crippen LogP contribution in [0.25, 0.3) is 0 Å². The number of halogens is 3. The first-order valence-electron chi connectivity index (χ1n) is 8.39. The molecule has 0 aliphatic carbocycles. The van der Waals surface area contributed by atoms with Crippen LogP contribution in [0.1, 0.15) is 27.2 Å². The quantitative estimate of drug-likeness (QED) is 0.629. The number of hydrogen-bond donors (Lipinski definition) is 3. The Kier molecular flexibility index (Phi) is 5.59. The van der Waals surface area contributed by atoms with E-state index in [0.717, 1.165) is 4.57 Å². The van der Waals surface area contributed by atoms with Crippen LogP contribution in [-0.4, -0.2) is 39.8 Å². The van der Waals surface area contributed by atoms with Crippen LogP contribution in [0.5, 0.6) is 5.75 Å². The fourth-order valence-electron chi connectivity index (χ4n) is 3.05. The van der Waals surface area contributed by atoms with Crippen LogP contribution < -0.4 is 10.9 Å². The van der Waals surface area contributed by atoms with Crippen molar-refractivity contribution in [2.24, 2.45) is 0 Å². The van der Waals surface area contributed by atoms with Gasteiger partial charge in [-0.2, -0.15) is 0 Å². The number of aromatic hydroxyl groups is 1. The van der Waals surface area contributed by atoms with Gasteiger partial charge in [-0.25, -0.2) is 13.2 Å². The summed E-state index contributed by atoms with van der Waals surface area (Å²) in [4.78, 5) is 35.8. The third-order valence-electron chi connectivity index (χ3n) is 4.44. The van der Waals surface area contributed by atoms with Crippen molar-refractivity contribution in [2.45, 2.75) is 19.6 Å². The Morgan fingerprint density at radius 2 is 1.86 bits per heavy atom. The standard InChI is InChI=1S/C18H15F3N2O6/c19-10-4-12(21)11(20)3-8(10)6-23-13-7-29-2-1-9(13)16(26)15(18(23)28)17(27)22-5-14(24)25/h3-4,26H,1-2,5-7H2,(H,22,27)(H,24,25). The number of hydrogen-bond acceptors (Lipinski definition) is 5. The number of carbonyl (C=O) groups excluding carboxylic acids is 1. The minimum absolute atomic E-state index is 0.126. The van der Waals surface area contributed by atoms with Crippen LogP contribution >= 0.6 is 0 Å². The molecule has 8 nitrogen and oxygen atoms in total. The fourth-order valence-corrected chi connectivity index (χ4v) is 3.05. The van der Waals surface area contributed by atoms with Crippen LogP contribution in [0.4, 0.5) is 13.2 Å². The van der Waals surface area contributed by atoms with Gasteiger partial charge >= 0.3 is 5.97 Å². The lowest BCUT2D eigenvalue weighted by Gasteiger charge is -2.24. The first kappa shape index (κ1) is 20.4. The number of nitrogens with one attached hydrogen (secondary N) is 1. The van der Waals surface area contributed by atoms with Crippen molar-refractivity contribution in [3.05, 3.63) is 62.3 Å². The number of aliphatic carboxylic acids is 1. The molecule has 11 heteroatoms. The lowest BCUT2D eigenvalue weighted by atomic mass is 10.0. The molecule has 0 bridgehead atoms. The molecule has 0 spiro atoms. The summed E-state index contributed by atoms with van der Waals surface area (Å²) in [5, 5.41) is 21.1. The number of amides is 1. The minimum Gasteiger partial charge on any atom is -0.507 e. The van der Waals surface area contributed by atoms with Gasteiger partial charge in [-0.05, 0) is 6.07 Å². The smallest absolute Gasteiger partial charge is 0.322 e. The molecule has 154 valence electrons. The highest BCUT2D eigenvalue weighted by Crippen LogP contribution is 2.28. The van der Waals surface area contributed by atoms with E-state index < -0.39 is 59.3 Å². The minimum atomic E-state index is -1.40. The van der Waals surface area contributed by atoms with Gasteiger partial charge in [-0.15, -0.1) is 0 Å². The van der Waals surface area contributed by atoms with Gasteiger partial charge in [0.15, 0.2) is 11.6 Å². The maximum atomic E-state index is 14.1. The maximum Gasteiger partial charge on any atom is 0.322 e. The summed E-state index contributed by atoms with van der Waals surface area (Å²) in [7, 11) is 0. The van der Waals surface area contributed by atoms with E-state index in [1.165, 1.54) is 0 Å². The van der Waals surface area contributed by atoms with Crippen molar-refractivity contribution in [3.8, 4) is 5.75 Å². The van der Waals surface area contributed by atoms with Crippen molar-refractivity contribution in [1.82, 2.24) is 9.88 Å². The normalized spacial score (nSPS) is 13.1. The Labute approximate surface area is 161 Å². The third kappa shape index (κ3) is 3.94. The van der Waals surface area contributed by atoms with Gasteiger partial charge in [0.05, 0.1) is 25.5 Å². The molecular weight excluding hydrogens is 397 g/mol.